The summed E-state index contributed by atoms with van der Waals surface area (Å²) in [4.78, 5) is 5.19. The van der Waals surface area contributed by atoms with Gasteiger partial charge in [0, 0.05) is 6.54 Å². The lowest BCUT2D eigenvalue weighted by Gasteiger charge is -2.25. The van der Waals surface area contributed by atoms with E-state index in [9.17, 15) is 18.3 Å². The third-order valence-electron chi connectivity index (χ3n) is 2.43. The second-order valence-corrected chi connectivity index (χ2v) is 4.15. The second-order valence-electron chi connectivity index (χ2n) is 4.15. The normalized spacial score (nSPS) is 13.4. The van der Waals surface area contributed by atoms with E-state index in [1.807, 2.05) is 6.92 Å². The van der Waals surface area contributed by atoms with Crippen LogP contribution < -0.4 is 4.90 Å². The molecule has 0 aliphatic carbocycles. The van der Waals surface area contributed by atoms with Crippen LogP contribution in [0.5, 0.6) is 0 Å². The molecule has 1 N–H and O–H groups in total. The number of rotatable bonds is 5. The minimum absolute atomic E-state index is 0.315. The highest BCUT2D eigenvalue weighted by Crippen LogP contribution is 2.22. The van der Waals surface area contributed by atoms with E-state index in [2.05, 4.69) is 4.98 Å². The standard InChI is InChI=1S/C12H17F3N2O/c1-3-6-17(8-12(13,14)15)10-4-5-11(9(2)18)16-7-10/h4-5,7,9,18H,3,6,8H2,1-2H3/t9-/m1/s1. The summed E-state index contributed by atoms with van der Waals surface area (Å²) in [6.07, 6.45) is -2.98. The van der Waals surface area contributed by atoms with Crippen molar-refractivity contribution in [1.29, 1.82) is 0 Å². The highest BCUT2D eigenvalue weighted by atomic mass is 19.4. The molecule has 0 radical (unpaired) electrons. The van der Waals surface area contributed by atoms with Gasteiger partial charge in [0.1, 0.15) is 6.54 Å². The number of halogens is 3. The zero-order valence-corrected chi connectivity index (χ0v) is 10.4. The highest BCUT2D eigenvalue weighted by molar-refractivity contribution is 5.44. The lowest BCUT2D eigenvalue weighted by atomic mass is 10.2. The van der Waals surface area contributed by atoms with Crippen LogP contribution in [0.25, 0.3) is 0 Å². The zero-order chi connectivity index (χ0) is 13.8. The van der Waals surface area contributed by atoms with Crippen LogP contribution in [-0.4, -0.2) is 29.4 Å². The Hall–Kier alpha value is -1.30. The average Bonchev–Trinajstić information content (AvgIpc) is 2.27. The van der Waals surface area contributed by atoms with E-state index in [1.54, 1.807) is 19.1 Å². The average molecular weight is 262 g/mol. The lowest BCUT2D eigenvalue weighted by Crippen LogP contribution is -2.34. The molecule has 0 aliphatic heterocycles. The number of alkyl halides is 3. The van der Waals surface area contributed by atoms with Gasteiger partial charge in [-0.1, -0.05) is 6.92 Å². The largest absolute Gasteiger partial charge is 0.405 e. The smallest absolute Gasteiger partial charge is 0.387 e. The molecule has 0 aromatic carbocycles. The summed E-state index contributed by atoms with van der Waals surface area (Å²) < 4.78 is 37.3. The fraction of sp³-hybridized carbons (Fsp3) is 0.583. The zero-order valence-electron chi connectivity index (χ0n) is 10.4. The summed E-state index contributed by atoms with van der Waals surface area (Å²) in [5, 5.41) is 9.29. The molecule has 0 bridgehead atoms. The summed E-state index contributed by atoms with van der Waals surface area (Å²) in [5.74, 6) is 0. The van der Waals surface area contributed by atoms with Gasteiger partial charge in [-0.3, -0.25) is 4.98 Å². The van der Waals surface area contributed by atoms with Gasteiger partial charge in [0.2, 0.25) is 0 Å². The monoisotopic (exact) mass is 262 g/mol. The molecule has 0 amide bonds. The molecule has 0 saturated heterocycles. The van der Waals surface area contributed by atoms with Crippen molar-refractivity contribution in [2.75, 3.05) is 18.0 Å². The van der Waals surface area contributed by atoms with E-state index >= 15 is 0 Å². The number of pyridine rings is 1. The first-order chi connectivity index (χ1) is 8.33. The fourth-order valence-corrected chi connectivity index (χ4v) is 1.62. The summed E-state index contributed by atoms with van der Waals surface area (Å²) >= 11 is 0. The Balaban J connectivity index is 2.85. The van der Waals surface area contributed by atoms with Gasteiger partial charge in [-0.25, -0.2) is 0 Å². The topological polar surface area (TPSA) is 36.4 Å². The molecule has 0 aliphatic rings. The minimum atomic E-state index is -4.24. The molecule has 1 aromatic rings. The Labute approximate surface area is 104 Å². The van der Waals surface area contributed by atoms with Crippen molar-refractivity contribution < 1.29 is 18.3 Å². The Kier molecular flexibility index (Phi) is 4.95. The SMILES string of the molecule is CCCN(CC(F)(F)F)c1ccc([C@@H](C)O)nc1. The molecule has 0 saturated carbocycles. The Morgan fingerprint density at radius 3 is 2.44 bits per heavy atom. The quantitative estimate of drug-likeness (QED) is 0.886. The third kappa shape index (κ3) is 4.52. The first kappa shape index (κ1) is 14.8. The van der Waals surface area contributed by atoms with Gasteiger partial charge < -0.3 is 10.0 Å². The van der Waals surface area contributed by atoms with Crippen molar-refractivity contribution in [3.63, 3.8) is 0 Å². The number of hydrogen-bond acceptors (Lipinski definition) is 3. The highest BCUT2D eigenvalue weighted by Gasteiger charge is 2.30. The van der Waals surface area contributed by atoms with Gasteiger partial charge in [0.05, 0.1) is 23.7 Å². The van der Waals surface area contributed by atoms with Crippen molar-refractivity contribution in [3.8, 4) is 0 Å². The third-order valence-corrected chi connectivity index (χ3v) is 2.43. The molecule has 0 spiro atoms. The lowest BCUT2D eigenvalue weighted by molar-refractivity contribution is -0.119. The summed E-state index contributed by atoms with van der Waals surface area (Å²) in [5.41, 5.74) is 0.862. The van der Waals surface area contributed by atoms with E-state index < -0.39 is 18.8 Å². The molecule has 3 nitrogen and oxygen atoms in total. The number of anilines is 1. The van der Waals surface area contributed by atoms with Crippen molar-refractivity contribution in [2.45, 2.75) is 32.5 Å². The predicted molar refractivity (Wildman–Crippen MR) is 63.4 cm³/mol. The molecule has 18 heavy (non-hydrogen) atoms. The van der Waals surface area contributed by atoms with E-state index in [0.717, 1.165) is 0 Å². The van der Waals surface area contributed by atoms with Gasteiger partial charge in [-0.15, -0.1) is 0 Å². The fourth-order valence-electron chi connectivity index (χ4n) is 1.62. The van der Waals surface area contributed by atoms with Crippen LogP contribution >= 0.6 is 0 Å². The first-order valence-corrected chi connectivity index (χ1v) is 5.79. The number of aliphatic hydroxyl groups excluding tert-OH is 1. The number of aliphatic hydroxyl groups is 1. The summed E-state index contributed by atoms with van der Waals surface area (Å²) in [6, 6.07) is 3.09. The molecule has 0 unspecified atom stereocenters. The van der Waals surface area contributed by atoms with Crippen LogP contribution in [0.4, 0.5) is 18.9 Å². The summed E-state index contributed by atoms with van der Waals surface area (Å²) in [6.45, 7) is 2.70. The van der Waals surface area contributed by atoms with E-state index in [0.29, 0.717) is 24.3 Å². The molecule has 0 fully saturated rings. The Bertz CT molecular complexity index is 363. The Morgan fingerprint density at radius 2 is 2.06 bits per heavy atom. The van der Waals surface area contributed by atoms with Gasteiger partial charge in [0.15, 0.2) is 0 Å². The molecule has 6 heteroatoms. The van der Waals surface area contributed by atoms with Crippen molar-refractivity contribution >= 4 is 5.69 Å². The molecule has 1 atom stereocenters. The van der Waals surface area contributed by atoms with Gasteiger partial charge in [-0.05, 0) is 25.5 Å². The van der Waals surface area contributed by atoms with E-state index in [-0.39, 0.29) is 0 Å². The molecule has 102 valence electrons. The molecule has 1 heterocycles. The van der Waals surface area contributed by atoms with Gasteiger partial charge >= 0.3 is 6.18 Å². The maximum atomic E-state index is 12.4. The van der Waals surface area contributed by atoms with Crippen LogP contribution in [-0.2, 0) is 0 Å². The molecule has 1 rings (SSSR count). The molecular weight excluding hydrogens is 245 g/mol. The van der Waals surface area contributed by atoms with E-state index in [1.165, 1.54) is 11.1 Å². The first-order valence-electron chi connectivity index (χ1n) is 5.79. The van der Waals surface area contributed by atoms with Crippen LogP contribution in [0.15, 0.2) is 18.3 Å². The van der Waals surface area contributed by atoms with Gasteiger partial charge in [0.25, 0.3) is 0 Å². The summed E-state index contributed by atoms with van der Waals surface area (Å²) in [7, 11) is 0. The Morgan fingerprint density at radius 1 is 1.39 bits per heavy atom. The number of hydrogen-bond donors (Lipinski definition) is 1. The second kappa shape index (κ2) is 6.04. The van der Waals surface area contributed by atoms with Crippen molar-refractivity contribution in [3.05, 3.63) is 24.0 Å². The van der Waals surface area contributed by atoms with Crippen LogP contribution in [0.1, 0.15) is 32.1 Å². The molecule has 1 aromatic heterocycles. The number of nitrogens with zero attached hydrogens (tertiary/aromatic N) is 2. The van der Waals surface area contributed by atoms with Crippen molar-refractivity contribution in [2.24, 2.45) is 0 Å². The van der Waals surface area contributed by atoms with Crippen LogP contribution in [0.3, 0.4) is 0 Å². The van der Waals surface area contributed by atoms with Crippen molar-refractivity contribution in [1.82, 2.24) is 4.98 Å². The maximum Gasteiger partial charge on any atom is 0.405 e. The predicted octanol–water partition coefficient (Wildman–Crippen LogP) is 2.91. The van der Waals surface area contributed by atoms with Gasteiger partial charge in [-0.2, -0.15) is 13.2 Å². The van der Waals surface area contributed by atoms with Crippen LogP contribution in [0, 0.1) is 0 Å². The maximum absolute atomic E-state index is 12.4. The minimum Gasteiger partial charge on any atom is -0.387 e. The molecular formula is C12H17F3N2O. The van der Waals surface area contributed by atoms with E-state index in [4.69, 9.17) is 0 Å². The van der Waals surface area contributed by atoms with Crippen LogP contribution in [0.2, 0.25) is 0 Å². The number of aromatic nitrogens is 1.